The number of piperidine rings is 1. The molecule has 0 aromatic heterocycles. The van der Waals surface area contributed by atoms with E-state index in [4.69, 9.17) is 5.11 Å². The molecule has 2 aliphatic rings. The van der Waals surface area contributed by atoms with Crippen molar-refractivity contribution in [2.24, 2.45) is 5.92 Å². The van der Waals surface area contributed by atoms with E-state index in [1.54, 1.807) is 0 Å². The standard InChI is InChI=1S/C12H21N3O3/c1-15-6-2-3-9(7-15)13-12(18)14-10(11(16)17)8-4-5-8/h8-10H,2-7H2,1H3,(H,16,17)(H2,13,14,18). The molecule has 2 atom stereocenters. The first kappa shape index (κ1) is 13.1. The molecule has 102 valence electrons. The Bertz CT molecular complexity index is 331. The molecule has 2 rings (SSSR count). The number of nitrogens with one attached hydrogen (secondary N) is 2. The lowest BCUT2D eigenvalue weighted by atomic mass is 10.1. The third-order valence-electron chi connectivity index (χ3n) is 3.61. The summed E-state index contributed by atoms with van der Waals surface area (Å²) >= 11 is 0. The first-order valence-corrected chi connectivity index (χ1v) is 6.54. The summed E-state index contributed by atoms with van der Waals surface area (Å²) in [5.74, 6) is -0.823. The number of urea groups is 1. The Kier molecular flexibility index (Phi) is 4.06. The highest BCUT2D eigenvalue weighted by Crippen LogP contribution is 2.32. The van der Waals surface area contributed by atoms with Crippen molar-refractivity contribution in [2.45, 2.75) is 37.8 Å². The van der Waals surface area contributed by atoms with Gasteiger partial charge in [-0.1, -0.05) is 0 Å². The van der Waals surface area contributed by atoms with Crippen molar-refractivity contribution in [3.05, 3.63) is 0 Å². The van der Waals surface area contributed by atoms with Gasteiger partial charge in [0, 0.05) is 12.6 Å². The molecule has 0 radical (unpaired) electrons. The van der Waals surface area contributed by atoms with Crippen LogP contribution in [0.3, 0.4) is 0 Å². The number of hydrogen-bond acceptors (Lipinski definition) is 3. The first-order valence-electron chi connectivity index (χ1n) is 6.54. The molecule has 2 fully saturated rings. The predicted molar refractivity (Wildman–Crippen MR) is 66.3 cm³/mol. The highest BCUT2D eigenvalue weighted by atomic mass is 16.4. The van der Waals surface area contributed by atoms with Gasteiger partial charge < -0.3 is 20.6 Å². The van der Waals surface area contributed by atoms with Gasteiger partial charge in [0.25, 0.3) is 0 Å². The first-order chi connectivity index (χ1) is 8.56. The number of nitrogens with zero attached hydrogens (tertiary/aromatic N) is 1. The zero-order valence-corrected chi connectivity index (χ0v) is 10.7. The fraction of sp³-hybridized carbons (Fsp3) is 0.833. The van der Waals surface area contributed by atoms with Gasteiger partial charge in [-0.2, -0.15) is 0 Å². The van der Waals surface area contributed by atoms with Crippen LogP contribution < -0.4 is 10.6 Å². The molecule has 6 heteroatoms. The van der Waals surface area contributed by atoms with Crippen LogP contribution in [0.25, 0.3) is 0 Å². The van der Waals surface area contributed by atoms with Crippen LogP contribution in [-0.4, -0.2) is 54.2 Å². The summed E-state index contributed by atoms with van der Waals surface area (Å²) in [5, 5.41) is 14.5. The summed E-state index contributed by atoms with van der Waals surface area (Å²) in [4.78, 5) is 24.9. The Morgan fingerprint density at radius 3 is 2.61 bits per heavy atom. The van der Waals surface area contributed by atoms with Crippen molar-refractivity contribution in [3.63, 3.8) is 0 Å². The number of carbonyl (C=O) groups is 2. The van der Waals surface area contributed by atoms with Crippen molar-refractivity contribution in [1.29, 1.82) is 0 Å². The molecule has 0 spiro atoms. The summed E-state index contributed by atoms with van der Waals surface area (Å²) in [7, 11) is 2.02. The molecule has 0 aromatic carbocycles. The second kappa shape index (κ2) is 5.56. The molecular formula is C12H21N3O3. The second-order valence-electron chi connectivity index (χ2n) is 5.37. The van der Waals surface area contributed by atoms with Crippen LogP contribution >= 0.6 is 0 Å². The molecule has 2 amide bonds. The normalized spacial score (nSPS) is 26.4. The molecule has 6 nitrogen and oxygen atoms in total. The number of hydrogen-bond donors (Lipinski definition) is 3. The van der Waals surface area contributed by atoms with Crippen LogP contribution in [-0.2, 0) is 4.79 Å². The SMILES string of the molecule is CN1CCCC(NC(=O)NC(C(=O)O)C2CC2)C1. The van der Waals surface area contributed by atoms with E-state index in [9.17, 15) is 9.59 Å². The van der Waals surface area contributed by atoms with Gasteiger partial charge in [0.15, 0.2) is 0 Å². The molecule has 1 aliphatic heterocycles. The monoisotopic (exact) mass is 255 g/mol. The molecule has 2 unspecified atom stereocenters. The molecule has 0 aromatic rings. The van der Waals surface area contributed by atoms with Gasteiger partial charge in [-0.05, 0) is 45.2 Å². The molecule has 0 bridgehead atoms. The quantitative estimate of drug-likeness (QED) is 0.672. The van der Waals surface area contributed by atoms with Gasteiger partial charge in [-0.15, -0.1) is 0 Å². The van der Waals surface area contributed by atoms with Crippen LogP contribution in [0, 0.1) is 5.92 Å². The van der Waals surface area contributed by atoms with Crippen LogP contribution in [0.2, 0.25) is 0 Å². The molecule has 1 aliphatic carbocycles. The Morgan fingerprint density at radius 1 is 1.33 bits per heavy atom. The van der Waals surface area contributed by atoms with Crippen LogP contribution in [0.15, 0.2) is 0 Å². The van der Waals surface area contributed by atoms with E-state index in [0.717, 1.165) is 38.8 Å². The van der Waals surface area contributed by atoms with Gasteiger partial charge >= 0.3 is 12.0 Å². The zero-order chi connectivity index (χ0) is 13.1. The molecule has 18 heavy (non-hydrogen) atoms. The second-order valence-corrected chi connectivity index (χ2v) is 5.37. The third-order valence-corrected chi connectivity index (χ3v) is 3.61. The highest BCUT2D eigenvalue weighted by molar-refractivity contribution is 5.83. The number of aliphatic carboxylic acids is 1. The lowest BCUT2D eigenvalue weighted by Gasteiger charge is -2.30. The van der Waals surface area contributed by atoms with E-state index in [1.165, 1.54) is 0 Å². The summed E-state index contributed by atoms with van der Waals surface area (Å²) in [5.41, 5.74) is 0. The third kappa shape index (κ3) is 3.60. The number of carbonyl (C=O) groups excluding carboxylic acids is 1. The number of amides is 2. The van der Waals surface area contributed by atoms with E-state index < -0.39 is 12.0 Å². The predicted octanol–water partition coefficient (Wildman–Crippen LogP) is 0.243. The summed E-state index contributed by atoms with van der Waals surface area (Å²) in [6, 6.07) is -0.960. The van der Waals surface area contributed by atoms with E-state index >= 15 is 0 Å². The topological polar surface area (TPSA) is 81.7 Å². The largest absolute Gasteiger partial charge is 0.480 e. The molecular weight excluding hydrogens is 234 g/mol. The van der Waals surface area contributed by atoms with Gasteiger partial charge in [-0.25, -0.2) is 9.59 Å². The number of likely N-dealkylation sites (N-methyl/N-ethyl adjacent to an activating group) is 1. The minimum absolute atomic E-state index is 0.113. The molecule has 3 N–H and O–H groups in total. The minimum atomic E-state index is -0.937. The Balaban J connectivity index is 1.78. The maximum atomic E-state index is 11.8. The average molecular weight is 255 g/mol. The molecule has 1 saturated carbocycles. The molecule has 1 heterocycles. The fourth-order valence-corrected chi connectivity index (χ4v) is 2.46. The van der Waals surface area contributed by atoms with Crippen molar-refractivity contribution in [3.8, 4) is 0 Å². The van der Waals surface area contributed by atoms with E-state index in [2.05, 4.69) is 15.5 Å². The van der Waals surface area contributed by atoms with Crippen molar-refractivity contribution >= 4 is 12.0 Å². The highest BCUT2D eigenvalue weighted by Gasteiger charge is 2.37. The smallest absolute Gasteiger partial charge is 0.326 e. The zero-order valence-electron chi connectivity index (χ0n) is 10.7. The number of carboxylic acids is 1. The average Bonchev–Trinajstić information content (AvgIpc) is 3.09. The van der Waals surface area contributed by atoms with E-state index in [-0.39, 0.29) is 18.0 Å². The van der Waals surface area contributed by atoms with E-state index in [1.807, 2.05) is 7.05 Å². The van der Waals surface area contributed by atoms with Crippen molar-refractivity contribution in [1.82, 2.24) is 15.5 Å². The summed E-state index contributed by atoms with van der Waals surface area (Å²) < 4.78 is 0. The van der Waals surface area contributed by atoms with Gasteiger partial charge in [0.05, 0.1) is 0 Å². The van der Waals surface area contributed by atoms with Gasteiger partial charge in [-0.3, -0.25) is 0 Å². The lowest BCUT2D eigenvalue weighted by molar-refractivity contribution is -0.139. The van der Waals surface area contributed by atoms with Gasteiger partial charge in [0.1, 0.15) is 6.04 Å². The number of likely N-dealkylation sites (tertiary alicyclic amines) is 1. The van der Waals surface area contributed by atoms with Crippen molar-refractivity contribution < 1.29 is 14.7 Å². The van der Waals surface area contributed by atoms with Gasteiger partial charge in [0.2, 0.25) is 0 Å². The minimum Gasteiger partial charge on any atom is -0.480 e. The maximum Gasteiger partial charge on any atom is 0.326 e. The van der Waals surface area contributed by atoms with Crippen LogP contribution in [0.1, 0.15) is 25.7 Å². The maximum absolute atomic E-state index is 11.8. The Morgan fingerprint density at radius 2 is 2.06 bits per heavy atom. The number of carboxylic acid groups (broad SMARTS) is 1. The van der Waals surface area contributed by atoms with Crippen molar-refractivity contribution in [2.75, 3.05) is 20.1 Å². The van der Waals surface area contributed by atoms with Crippen LogP contribution in [0.4, 0.5) is 4.79 Å². The Labute approximate surface area is 107 Å². The summed E-state index contributed by atoms with van der Waals surface area (Å²) in [6.07, 6.45) is 3.80. The molecule has 1 saturated heterocycles. The summed E-state index contributed by atoms with van der Waals surface area (Å²) in [6.45, 7) is 1.88. The van der Waals surface area contributed by atoms with E-state index in [0.29, 0.717) is 0 Å². The number of rotatable bonds is 4. The fourth-order valence-electron chi connectivity index (χ4n) is 2.46. The lowest BCUT2D eigenvalue weighted by Crippen LogP contribution is -2.53. The van der Waals surface area contributed by atoms with Crippen LogP contribution in [0.5, 0.6) is 0 Å². The Hall–Kier alpha value is -1.30.